The summed E-state index contributed by atoms with van der Waals surface area (Å²) in [6, 6.07) is 0. The Balaban J connectivity index is 3.62. The van der Waals surface area contributed by atoms with E-state index in [0.717, 1.165) is 6.42 Å². The van der Waals surface area contributed by atoms with Crippen molar-refractivity contribution < 1.29 is 19.7 Å². The van der Waals surface area contributed by atoms with E-state index in [-0.39, 0.29) is 18.6 Å². The molecule has 0 heterocycles. The SMILES string of the molecule is CCC(CCC(C)OCCO)C(=O)O. The molecular formula is C10H20O4. The monoisotopic (exact) mass is 204 g/mol. The molecule has 0 spiro atoms. The van der Waals surface area contributed by atoms with E-state index in [1.54, 1.807) is 0 Å². The van der Waals surface area contributed by atoms with Gasteiger partial charge in [0, 0.05) is 0 Å². The van der Waals surface area contributed by atoms with Crippen LogP contribution < -0.4 is 0 Å². The summed E-state index contributed by atoms with van der Waals surface area (Å²) in [6.07, 6.45) is 2.04. The van der Waals surface area contributed by atoms with Crippen LogP contribution >= 0.6 is 0 Å². The maximum atomic E-state index is 10.7. The Bertz CT molecular complexity index is 158. The van der Waals surface area contributed by atoms with Gasteiger partial charge in [0.05, 0.1) is 25.2 Å². The molecule has 2 unspecified atom stereocenters. The van der Waals surface area contributed by atoms with Crippen molar-refractivity contribution in [3.63, 3.8) is 0 Å². The molecule has 0 bridgehead atoms. The van der Waals surface area contributed by atoms with E-state index in [0.29, 0.717) is 19.4 Å². The average molecular weight is 204 g/mol. The van der Waals surface area contributed by atoms with Crippen LogP contribution in [0.25, 0.3) is 0 Å². The molecule has 0 aliphatic heterocycles. The summed E-state index contributed by atoms with van der Waals surface area (Å²) in [7, 11) is 0. The maximum Gasteiger partial charge on any atom is 0.306 e. The lowest BCUT2D eigenvalue weighted by Crippen LogP contribution is -2.17. The predicted octanol–water partition coefficient (Wildman–Crippen LogP) is 1.27. The van der Waals surface area contributed by atoms with Crippen LogP contribution in [0.1, 0.15) is 33.1 Å². The normalized spacial score (nSPS) is 15.1. The molecule has 0 saturated carbocycles. The van der Waals surface area contributed by atoms with Gasteiger partial charge in [-0.1, -0.05) is 6.92 Å². The van der Waals surface area contributed by atoms with Gasteiger partial charge in [-0.3, -0.25) is 4.79 Å². The largest absolute Gasteiger partial charge is 0.481 e. The molecule has 0 aliphatic rings. The fraction of sp³-hybridized carbons (Fsp3) is 0.900. The Morgan fingerprint density at radius 1 is 1.43 bits per heavy atom. The van der Waals surface area contributed by atoms with Gasteiger partial charge in [0.1, 0.15) is 0 Å². The maximum absolute atomic E-state index is 10.7. The highest BCUT2D eigenvalue weighted by Crippen LogP contribution is 2.13. The Morgan fingerprint density at radius 3 is 2.50 bits per heavy atom. The van der Waals surface area contributed by atoms with Crippen LogP contribution in [-0.4, -0.2) is 35.5 Å². The van der Waals surface area contributed by atoms with Crippen LogP contribution in [0.15, 0.2) is 0 Å². The van der Waals surface area contributed by atoms with E-state index in [4.69, 9.17) is 14.9 Å². The minimum atomic E-state index is -0.734. The Morgan fingerprint density at radius 2 is 2.07 bits per heavy atom. The van der Waals surface area contributed by atoms with E-state index in [1.165, 1.54) is 0 Å². The van der Waals surface area contributed by atoms with Gasteiger partial charge in [0.15, 0.2) is 0 Å². The second kappa shape index (κ2) is 7.76. The first-order valence-corrected chi connectivity index (χ1v) is 5.07. The minimum absolute atomic E-state index is 0.0144. The van der Waals surface area contributed by atoms with Crippen LogP contribution in [0, 0.1) is 5.92 Å². The molecule has 4 heteroatoms. The van der Waals surface area contributed by atoms with Crippen LogP contribution in [0.4, 0.5) is 0 Å². The molecule has 0 aliphatic carbocycles. The van der Waals surface area contributed by atoms with Gasteiger partial charge in [0.25, 0.3) is 0 Å². The molecule has 0 aromatic carbocycles. The number of hydrogen-bond acceptors (Lipinski definition) is 3. The molecule has 0 aromatic heterocycles. The molecule has 0 saturated heterocycles. The summed E-state index contributed by atoms with van der Waals surface area (Å²) < 4.78 is 5.22. The smallest absolute Gasteiger partial charge is 0.306 e. The van der Waals surface area contributed by atoms with Crippen molar-refractivity contribution in [1.29, 1.82) is 0 Å². The molecule has 0 aromatic rings. The topological polar surface area (TPSA) is 66.8 Å². The first kappa shape index (κ1) is 13.4. The van der Waals surface area contributed by atoms with Crippen LogP contribution in [0.5, 0.6) is 0 Å². The number of hydrogen-bond donors (Lipinski definition) is 2. The highest BCUT2D eigenvalue weighted by atomic mass is 16.5. The van der Waals surface area contributed by atoms with Gasteiger partial charge < -0.3 is 14.9 Å². The number of aliphatic hydroxyl groups excluding tert-OH is 1. The zero-order valence-corrected chi connectivity index (χ0v) is 8.90. The van der Waals surface area contributed by atoms with Gasteiger partial charge in [-0.25, -0.2) is 0 Å². The van der Waals surface area contributed by atoms with Crippen LogP contribution in [0.2, 0.25) is 0 Å². The first-order chi connectivity index (χ1) is 6.61. The second-order valence-electron chi connectivity index (χ2n) is 3.43. The molecular weight excluding hydrogens is 184 g/mol. The molecule has 14 heavy (non-hydrogen) atoms. The van der Waals surface area contributed by atoms with Crippen molar-refractivity contribution in [2.75, 3.05) is 13.2 Å². The fourth-order valence-electron chi connectivity index (χ4n) is 1.28. The molecule has 0 rings (SSSR count). The number of rotatable bonds is 8. The molecule has 84 valence electrons. The van der Waals surface area contributed by atoms with Crippen molar-refractivity contribution in [2.24, 2.45) is 5.92 Å². The number of aliphatic carboxylic acids is 1. The van der Waals surface area contributed by atoms with Crippen LogP contribution in [0.3, 0.4) is 0 Å². The number of ether oxygens (including phenoxy) is 1. The van der Waals surface area contributed by atoms with E-state index in [1.807, 2.05) is 13.8 Å². The lowest BCUT2D eigenvalue weighted by molar-refractivity contribution is -0.142. The average Bonchev–Trinajstić information content (AvgIpc) is 2.15. The fourth-order valence-corrected chi connectivity index (χ4v) is 1.28. The highest BCUT2D eigenvalue weighted by Gasteiger charge is 2.15. The molecule has 0 fully saturated rings. The van der Waals surface area contributed by atoms with Gasteiger partial charge in [-0.05, 0) is 26.2 Å². The second-order valence-corrected chi connectivity index (χ2v) is 3.43. The van der Waals surface area contributed by atoms with Crippen molar-refractivity contribution in [2.45, 2.75) is 39.2 Å². The van der Waals surface area contributed by atoms with E-state index < -0.39 is 5.97 Å². The van der Waals surface area contributed by atoms with Gasteiger partial charge >= 0.3 is 5.97 Å². The number of aliphatic hydroxyl groups is 1. The van der Waals surface area contributed by atoms with Crippen molar-refractivity contribution in [3.8, 4) is 0 Å². The standard InChI is InChI=1S/C10H20O4/c1-3-9(10(12)13)5-4-8(2)14-7-6-11/h8-9,11H,3-7H2,1-2H3,(H,12,13). The first-order valence-electron chi connectivity index (χ1n) is 5.07. The highest BCUT2D eigenvalue weighted by molar-refractivity contribution is 5.69. The Kier molecular flexibility index (Phi) is 7.42. The lowest BCUT2D eigenvalue weighted by atomic mass is 9.99. The zero-order valence-electron chi connectivity index (χ0n) is 8.90. The molecule has 0 radical (unpaired) electrons. The molecule has 2 N–H and O–H groups in total. The number of carbonyl (C=O) groups is 1. The number of carboxylic acid groups (broad SMARTS) is 1. The summed E-state index contributed by atoms with van der Waals surface area (Å²) >= 11 is 0. The third kappa shape index (κ3) is 5.94. The van der Waals surface area contributed by atoms with Gasteiger partial charge in [-0.15, -0.1) is 0 Å². The summed E-state index contributed by atoms with van der Waals surface area (Å²) in [5.74, 6) is -1.00. The third-order valence-corrected chi connectivity index (χ3v) is 2.26. The zero-order chi connectivity index (χ0) is 11.0. The quantitative estimate of drug-likeness (QED) is 0.625. The summed E-state index contributed by atoms with van der Waals surface area (Å²) in [4.78, 5) is 10.7. The van der Waals surface area contributed by atoms with Gasteiger partial charge in [-0.2, -0.15) is 0 Å². The summed E-state index contributed by atoms with van der Waals surface area (Å²) in [5, 5.41) is 17.3. The Labute approximate surface area is 84.9 Å². The minimum Gasteiger partial charge on any atom is -0.481 e. The van der Waals surface area contributed by atoms with E-state index in [2.05, 4.69) is 0 Å². The van der Waals surface area contributed by atoms with Crippen LogP contribution in [-0.2, 0) is 9.53 Å². The molecule has 2 atom stereocenters. The number of carboxylic acids is 1. The third-order valence-electron chi connectivity index (χ3n) is 2.26. The van der Waals surface area contributed by atoms with Crippen molar-refractivity contribution >= 4 is 5.97 Å². The van der Waals surface area contributed by atoms with E-state index in [9.17, 15) is 4.79 Å². The van der Waals surface area contributed by atoms with Crippen molar-refractivity contribution in [3.05, 3.63) is 0 Å². The lowest BCUT2D eigenvalue weighted by Gasteiger charge is -2.14. The van der Waals surface area contributed by atoms with E-state index >= 15 is 0 Å². The summed E-state index contributed by atoms with van der Waals surface area (Å²) in [5.41, 5.74) is 0. The van der Waals surface area contributed by atoms with Crippen molar-refractivity contribution in [1.82, 2.24) is 0 Å². The molecule has 4 nitrogen and oxygen atoms in total. The summed E-state index contributed by atoms with van der Waals surface area (Å²) in [6.45, 7) is 4.10. The predicted molar refractivity (Wildman–Crippen MR) is 53.2 cm³/mol. The molecule has 0 amide bonds. The Hall–Kier alpha value is -0.610. The van der Waals surface area contributed by atoms with Gasteiger partial charge in [0.2, 0.25) is 0 Å².